The Hall–Kier alpha value is -0.430. The molecular weight excluding hydrogens is 176 g/mol. The van der Waals surface area contributed by atoms with Gasteiger partial charge >= 0.3 is 0 Å². The third-order valence-electron chi connectivity index (χ3n) is 1.99. The Morgan fingerprint density at radius 1 is 1.15 bits per heavy atom. The van der Waals surface area contributed by atoms with Crippen LogP contribution in [0.1, 0.15) is 33.6 Å². The number of rotatable bonds is 4. The number of hydrogen-bond acceptors (Lipinski definition) is 1. The molecule has 1 heteroatoms. The van der Waals surface area contributed by atoms with Crippen LogP contribution in [0.5, 0.6) is 0 Å². The molecule has 0 aromatic heterocycles. The summed E-state index contributed by atoms with van der Waals surface area (Å²) in [5.74, 6) is 0. The Bertz CT molecular complexity index is 239. The molecule has 72 valence electrons. The summed E-state index contributed by atoms with van der Waals surface area (Å²) < 4.78 is 0.371. The molecule has 0 unspecified atom stereocenters. The lowest BCUT2D eigenvalue weighted by atomic mass is 10.1. The molecule has 1 aromatic carbocycles. The first-order chi connectivity index (χ1) is 6.14. The minimum absolute atomic E-state index is 0.371. The number of benzene rings is 1. The van der Waals surface area contributed by atoms with Crippen molar-refractivity contribution in [2.24, 2.45) is 0 Å². The van der Waals surface area contributed by atoms with E-state index in [0.717, 1.165) is 0 Å². The van der Waals surface area contributed by atoms with Crippen LogP contribution in [0.15, 0.2) is 35.2 Å². The maximum atomic E-state index is 2.31. The van der Waals surface area contributed by atoms with Gasteiger partial charge in [0.15, 0.2) is 0 Å². The molecule has 0 nitrogen and oxygen atoms in total. The van der Waals surface area contributed by atoms with Crippen molar-refractivity contribution in [2.45, 2.75) is 43.3 Å². The fourth-order valence-electron chi connectivity index (χ4n) is 1.46. The second-order valence-electron chi connectivity index (χ2n) is 3.92. The van der Waals surface area contributed by atoms with Crippen LogP contribution >= 0.6 is 11.8 Å². The molecule has 0 N–H and O–H groups in total. The number of hydrogen-bond donors (Lipinski definition) is 0. The molecule has 0 aliphatic carbocycles. The molecule has 0 bridgehead atoms. The second kappa shape index (κ2) is 4.71. The van der Waals surface area contributed by atoms with Crippen LogP contribution in [0.3, 0.4) is 0 Å². The molecule has 0 atom stereocenters. The van der Waals surface area contributed by atoms with Crippen LogP contribution in [0, 0.1) is 0 Å². The van der Waals surface area contributed by atoms with Gasteiger partial charge in [-0.05, 0) is 18.6 Å². The Labute approximate surface area is 85.7 Å². The van der Waals surface area contributed by atoms with Crippen molar-refractivity contribution in [1.82, 2.24) is 0 Å². The van der Waals surface area contributed by atoms with Crippen LogP contribution in [-0.2, 0) is 0 Å². The average Bonchev–Trinajstić information content (AvgIpc) is 2.04. The van der Waals surface area contributed by atoms with Crippen LogP contribution in [0.25, 0.3) is 0 Å². The Morgan fingerprint density at radius 3 is 2.31 bits per heavy atom. The van der Waals surface area contributed by atoms with Gasteiger partial charge in [-0.2, -0.15) is 0 Å². The van der Waals surface area contributed by atoms with E-state index in [1.165, 1.54) is 17.7 Å². The van der Waals surface area contributed by atoms with E-state index < -0.39 is 0 Å². The fourth-order valence-corrected chi connectivity index (χ4v) is 2.70. The van der Waals surface area contributed by atoms with E-state index >= 15 is 0 Å². The molecule has 1 aromatic rings. The zero-order chi connectivity index (χ0) is 9.73. The van der Waals surface area contributed by atoms with Crippen molar-refractivity contribution in [2.75, 3.05) is 0 Å². The molecule has 0 spiro atoms. The lowest BCUT2D eigenvalue weighted by Gasteiger charge is -2.23. The van der Waals surface area contributed by atoms with Gasteiger partial charge in [-0.25, -0.2) is 0 Å². The molecule has 0 heterocycles. The summed E-state index contributed by atoms with van der Waals surface area (Å²) in [5.41, 5.74) is 0. The average molecular weight is 194 g/mol. The van der Waals surface area contributed by atoms with Crippen LogP contribution in [0.2, 0.25) is 0 Å². The fraction of sp³-hybridized carbons (Fsp3) is 0.500. The molecule has 0 saturated heterocycles. The molecule has 0 saturated carbocycles. The smallest absolute Gasteiger partial charge is 0.0150 e. The lowest BCUT2D eigenvalue weighted by Crippen LogP contribution is -2.13. The summed E-state index contributed by atoms with van der Waals surface area (Å²) in [6.07, 6.45) is 2.53. The minimum atomic E-state index is 0.371. The normalized spacial score (nSPS) is 11.6. The van der Waals surface area contributed by atoms with E-state index in [9.17, 15) is 0 Å². The van der Waals surface area contributed by atoms with Gasteiger partial charge < -0.3 is 0 Å². The predicted molar refractivity (Wildman–Crippen MR) is 61.3 cm³/mol. The van der Waals surface area contributed by atoms with E-state index in [4.69, 9.17) is 0 Å². The summed E-state index contributed by atoms with van der Waals surface area (Å²) in [4.78, 5) is 1.38. The molecule has 1 rings (SSSR count). The molecule has 0 aliphatic rings. The maximum absolute atomic E-state index is 2.31. The lowest BCUT2D eigenvalue weighted by molar-refractivity contribution is 0.627. The third-order valence-corrected chi connectivity index (χ3v) is 3.25. The Kier molecular flexibility index (Phi) is 3.86. The van der Waals surface area contributed by atoms with Gasteiger partial charge in [-0.1, -0.05) is 45.4 Å². The maximum Gasteiger partial charge on any atom is 0.0150 e. The van der Waals surface area contributed by atoms with Gasteiger partial charge in [0.1, 0.15) is 0 Å². The summed E-state index contributed by atoms with van der Waals surface area (Å²) in [5, 5.41) is 0. The SMILES string of the molecule is CCCC(C)(C)Sc1ccccc1. The van der Waals surface area contributed by atoms with Crippen molar-refractivity contribution < 1.29 is 0 Å². The van der Waals surface area contributed by atoms with Crippen molar-refractivity contribution in [1.29, 1.82) is 0 Å². The van der Waals surface area contributed by atoms with Gasteiger partial charge in [0.2, 0.25) is 0 Å². The predicted octanol–water partition coefficient (Wildman–Crippen LogP) is 4.36. The van der Waals surface area contributed by atoms with E-state index in [2.05, 4.69) is 51.1 Å². The first kappa shape index (κ1) is 10.6. The highest BCUT2D eigenvalue weighted by molar-refractivity contribution is 8.00. The Balaban J connectivity index is 2.58. The first-order valence-corrected chi connectivity index (χ1v) is 5.70. The molecule has 0 aliphatic heterocycles. The zero-order valence-corrected chi connectivity index (χ0v) is 9.53. The van der Waals surface area contributed by atoms with Crippen molar-refractivity contribution in [3.63, 3.8) is 0 Å². The van der Waals surface area contributed by atoms with Crippen molar-refractivity contribution in [3.05, 3.63) is 30.3 Å². The summed E-state index contributed by atoms with van der Waals surface area (Å²) >= 11 is 1.97. The molecule has 13 heavy (non-hydrogen) atoms. The van der Waals surface area contributed by atoms with E-state index in [0.29, 0.717) is 4.75 Å². The van der Waals surface area contributed by atoms with Crippen molar-refractivity contribution in [3.8, 4) is 0 Å². The van der Waals surface area contributed by atoms with Gasteiger partial charge in [-0.15, -0.1) is 11.8 Å². The third kappa shape index (κ3) is 3.86. The van der Waals surface area contributed by atoms with Crippen LogP contribution < -0.4 is 0 Å². The zero-order valence-electron chi connectivity index (χ0n) is 8.71. The highest BCUT2D eigenvalue weighted by Crippen LogP contribution is 2.35. The van der Waals surface area contributed by atoms with Gasteiger partial charge in [0, 0.05) is 9.64 Å². The quantitative estimate of drug-likeness (QED) is 0.642. The molecular formula is C12H18S. The molecule has 0 amide bonds. The largest absolute Gasteiger partial charge is 0.120 e. The van der Waals surface area contributed by atoms with E-state index in [1.807, 2.05) is 11.8 Å². The minimum Gasteiger partial charge on any atom is -0.120 e. The monoisotopic (exact) mass is 194 g/mol. The van der Waals surface area contributed by atoms with Gasteiger partial charge in [0.05, 0.1) is 0 Å². The summed E-state index contributed by atoms with van der Waals surface area (Å²) in [6.45, 7) is 6.87. The summed E-state index contributed by atoms with van der Waals surface area (Å²) in [7, 11) is 0. The van der Waals surface area contributed by atoms with Gasteiger partial charge in [0.25, 0.3) is 0 Å². The molecule has 0 fully saturated rings. The Morgan fingerprint density at radius 2 is 1.77 bits per heavy atom. The standard InChI is InChI=1S/C12H18S/c1-4-10-12(2,3)13-11-8-6-5-7-9-11/h5-9H,4,10H2,1-3H3. The van der Waals surface area contributed by atoms with Crippen LogP contribution in [-0.4, -0.2) is 4.75 Å². The molecule has 0 radical (unpaired) electrons. The summed E-state index contributed by atoms with van der Waals surface area (Å²) in [6, 6.07) is 10.6. The highest BCUT2D eigenvalue weighted by atomic mass is 32.2. The van der Waals surface area contributed by atoms with E-state index in [-0.39, 0.29) is 0 Å². The van der Waals surface area contributed by atoms with E-state index in [1.54, 1.807) is 0 Å². The topological polar surface area (TPSA) is 0 Å². The first-order valence-electron chi connectivity index (χ1n) is 4.88. The van der Waals surface area contributed by atoms with Gasteiger partial charge in [-0.3, -0.25) is 0 Å². The number of thioether (sulfide) groups is 1. The van der Waals surface area contributed by atoms with Crippen molar-refractivity contribution >= 4 is 11.8 Å². The highest BCUT2D eigenvalue weighted by Gasteiger charge is 2.17. The van der Waals surface area contributed by atoms with Crippen LogP contribution in [0.4, 0.5) is 0 Å². The second-order valence-corrected chi connectivity index (χ2v) is 5.71.